The van der Waals surface area contributed by atoms with E-state index in [1.54, 1.807) is 6.42 Å². The van der Waals surface area contributed by atoms with Gasteiger partial charge in [0.05, 0.1) is 0 Å². The molecule has 0 spiro atoms. The van der Waals surface area contributed by atoms with Gasteiger partial charge in [0, 0.05) is 0 Å². The fraction of sp³-hybridized carbons (Fsp3) is 1.00. The molecule has 0 amide bonds. The largest absolute Gasteiger partial charge is 0.0651 e. The van der Waals surface area contributed by atoms with Gasteiger partial charge in [-0.3, -0.25) is 0 Å². The number of hydrogen-bond acceptors (Lipinski definition) is 0. The van der Waals surface area contributed by atoms with E-state index in [2.05, 4.69) is 34.6 Å². The summed E-state index contributed by atoms with van der Waals surface area (Å²) in [6, 6.07) is 0. The monoisotopic (exact) mass is 236 g/mol. The zero-order valence-corrected chi connectivity index (χ0v) is 12.6. The predicted octanol–water partition coefficient (Wildman–Crippen LogP) is 5.52. The highest BCUT2D eigenvalue weighted by Crippen LogP contribution is 2.52. The summed E-state index contributed by atoms with van der Waals surface area (Å²) in [6.45, 7) is 12.2. The molecule has 0 bridgehead atoms. The first-order valence-electron chi connectivity index (χ1n) is 7.90. The quantitative estimate of drug-likeness (QED) is 0.592. The molecule has 0 aromatic rings. The third kappa shape index (κ3) is 3.06. The van der Waals surface area contributed by atoms with Crippen LogP contribution in [0.15, 0.2) is 0 Å². The molecule has 2 aliphatic carbocycles. The van der Waals surface area contributed by atoms with Crippen molar-refractivity contribution >= 4 is 0 Å². The van der Waals surface area contributed by atoms with Crippen molar-refractivity contribution in [2.24, 2.45) is 35.0 Å². The van der Waals surface area contributed by atoms with E-state index in [0.717, 1.165) is 29.6 Å². The smallest absolute Gasteiger partial charge is 0.0355 e. The van der Waals surface area contributed by atoms with Crippen molar-refractivity contribution in [1.29, 1.82) is 0 Å². The molecule has 0 aromatic heterocycles. The van der Waals surface area contributed by atoms with Crippen molar-refractivity contribution in [2.45, 2.75) is 73.1 Å². The van der Waals surface area contributed by atoms with Gasteiger partial charge < -0.3 is 0 Å². The van der Waals surface area contributed by atoms with Crippen molar-refractivity contribution in [3.8, 4) is 0 Å². The van der Waals surface area contributed by atoms with Gasteiger partial charge in [-0.25, -0.2) is 0 Å². The van der Waals surface area contributed by atoms with Gasteiger partial charge in [-0.2, -0.15) is 0 Å². The molecule has 0 aliphatic heterocycles. The standard InChI is InChI=1S/C17H32/c1-6-14-9-13(11-17(3,4)5)10-16-12(2)7-8-15(14)16/h12-16H,6-11H2,1-5H3. The van der Waals surface area contributed by atoms with Crippen LogP contribution in [0.25, 0.3) is 0 Å². The van der Waals surface area contributed by atoms with Crippen LogP contribution in [0.1, 0.15) is 73.1 Å². The van der Waals surface area contributed by atoms with Crippen LogP contribution in [-0.4, -0.2) is 0 Å². The van der Waals surface area contributed by atoms with Crippen molar-refractivity contribution in [2.75, 3.05) is 0 Å². The van der Waals surface area contributed by atoms with Gasteiger partial charge in [-0.05, 0) is 60.7 Å². The molecule has 0 saturated heterocycles. The van der Waals surface area contributed by atoms with Crippen LogP contribution >= 0.6 is 0 Å². The molecule has 17 heavy (non-hydrogen) atoms. The highest BCUT2D eigenvalue weighted by Gasteiger charge is 2.43. The Balaban J connectivity index is 2.03. The van der Waals surface area contributed by atoms with Crippen LogP contribution in [0, 0.1) is 35.0 Å². The third-order valence-corrected chi connectivity index (χ3v) is 5.51. The Morgan fingerprint density at radius 2 is 1.71 bits per heavy atom. The predicted molar refractivity (Wildman–Crippen MR) is 76.0 cm³/mol. The summed E-state index contributed by atoms with van der Waals surface area (Å²) < 4.78 is 0. The highest BCUT2D eigenvalue weighted by atomic mass is 14.5. The van der Waals surface area contributed by atoms with Gasteiger partial charge >= 0.3 is 0 Å². The Labute approximate surface area is 109 Å². The van der Waals surface area contributed by atoms with Gasteiger partial charge in [0.25, 0.3) is 0 Å². The summed E-state index contributed by atoms with van der Waals surface area (Å²) in [5, 5.41) is 0. The van der Waals surface area contributed by atoms with Crippen molar-refractivity contribution in [1.82, 2.24) is 0 Å². The van der Waals surface area contributed by atoms with Crippen molar-refractivity contribution < 1.29 is 0 Å². The molecule has 2 fully saturated rings. The van der Waals surface area contributed by atoms with Gasteiger partial charge in [-0.15, -0.1) is 0 Å². The molecule has 0 heteroatoms. The minimum Gasteiger partial charge on any atom is -0.0651 e. The summed E-state index contributed by atoms with van der Waals surface area (Å²) in [5.74, 6) is 5.23. The van der Waals surface area contributed by atoms with Crippen molar-refractivity contribution in [3.05, 3.63) is 0 Å². The fourth-order valence-corrected chi connectivity index (χ4v) is 4.88. The lowest BCUT2D eigenvalue weighted by atomic mass is 9.64. The average Bonchev–Trinajstić information content (AvgIpc) is 2.57. The van der Waals surface area contributed by atoms with Crippen LogP contribution < -0.4 is 0 Å². The first-order chi connectivity index (χ1) is 7.90. The summed E-state index contributed by atoms with van der Waals surface area (Å²) in [5.41, 5.74) is 0.525. The second kappa shape index (κ2) is 4.94. The molecular formula is C17H32. The fourth-order valence-electron chi connectivity index (χ4n) is 4.88. The zero-order valence-electron chi connectivity index (χ0n) is 12.6. The molecule has 0 radical (unpaired) electrons. The summed E-state index contributed by atoms with van der Waals surface area (Å²) in [7, 11) is 0. The maximum absolute atomic E-state index is 2.51. The van der Waals surface area contributed by atoms with Crippen LogP contribution in [0.5, 0.6) is 0 Å². The SMILES string of the molecule is CCC1CC(CC(C)(C)C)CC2C(C)CCC12. The van der Waals surface area contributed by atoms with Gasteiger partial charge in [-0.1, -0.05) is 47.5 Å². The van der Waals surface area contributed by atoms with E-state index in [4.69, 9.17) is 0 Å². The lowest BCUT2D eigenvalue weighted by Crippen LogP contribution is -2.32. The van der Waals surface area contributed by atoms with Gasteiger partial charge in [0.1, 0.15) is 0 Å². The van der Waals surface area contributed by atoms with Crippen LogP contribution in [0.3, 0.4) is 0 Å². The van der Waals surface area contributed by atoms with Crippen LogP contribution in [0.4, 0.5) is 0 Å². The Morgan fingerprint density at radius 1 is 1.00 bits per heavy atom. The Bertz CT molecular complexity index is 247. The Hall–Kier alpha value is 0. The van der Waals surface area contributed by atoms with E-state index in [-0.39, 0.29) is 0 Å². The topological polar surface area (TPSA) is 0 Å². The number of rotatable bonds is 2. The molecule has 0 aromatic carbocycles. The van der Waals surface area contributed by atoms with Crippen LogP contribution in [0.2, 0.25) is 0 Å². The molecule has 2 rings (SSSR count). The minimum absolute atomic E-state index is 0.525. The van der Waals surface area contributed by atoms with E-state index in [1.165, 1.54) is 32.1 Å². The second-order valence-electron chi connectivity index (χ2n) is 8.15. The maximum Gasteiger partial charge on any atom is -0.0355 e. The van der Waals surface area contributed by atoms with Crippen molar-refractivity contribution in [3.63, 3.8) is 0 Å². The average molecular weight is 236 g/mol. The molecule has 0 N–H and O–H groups in total. The molecule has 5 unspecified atom stereocenters. The second-order valence-corrected chi connectivity index (χ2v) is 8.15. The number of fused-ring (bicyclic) bond motifs is 1. The van der Waals surface area contributed by atoms with E-state index in [1.807, 2.05) is 0 Å². The Morgan fingerprint density at radius 3 is 2.29 bits per heavy atom. The highest BCUT2D eigenvalue weighted by molar-refractivity contribution is 4.93. The first kappa shape index (κ1) is 13.4. The maximum atomic E-state index is 2.51. The van der Waals surface area contributed by atoms with Gasteiger partial charge in [0.2, 0.25) is 0 Å². The first-order valence-corrected chi connectivity index (χ1v) is 7.90. The van der Waals surface area contributed by atoms with E-state index < -0.39 is 0 Å². The summed E-state index contributed by atoms with van der Waals surface area (Å²) in [4.78, 5) is 0. The summed E-state index contributed by atoms with van der Waals surface area (Å²) >= 11 is 0. The molecule has 100 valence electrons. The Kier molecular flexibility index (Phi) is 3.90. The van der Waals surface area contributed by atoms with E-state index in [9.17, 15) is 0 Å². The van der Waals surface area contributed by atoms with E-state index in [0.29, 0.717) is 5.41 Å². The molecule has 5 atom stereocenters. The summed E-state index contributed by atoms with van der Waals surface area (Å²) in [6.07, 6.45) is 8.98. The molecule has 2 saturated carbocycles. The normalized spacial score (nSPS) is 42.5. The lowest BCUT2D eigenvalue weighted by Gasteiger charge is -2.41. The molecule has 0 nitrogen and oxygen atoms in total. The molecule has 0 heterocycles. The lowest BCUT2D eigenvalue weighted by molar-refractivity contribution is 0.0841. The number of hydrogen-bond donors (Lipinski definition) is 0. The van der Waals surface area contributed by atoms with E-state index >= 15 is 0 Å². The van der Waals surface area contributed by atoms with Gasteiger partial charge in [0.15, 0.2) is 0 Å². The zero-order chi connectivity index (χ0) is 12.6. The molecule has 2 aliphatic rings. The minimum atomic E-state index is 0.525. The third-order valence-electron chi connectivity index (χ3n) is 5.51. The molecular weight excluding hydrogens is 204 g/mol. The van der Waals surface area contributed by atoms with Crippen LogP contribution in [-0.2, 0) is 0 Å².